The van der Waals surface area contributed by atoms with Crippen LogP contribution in [0.5, 0.6) is 0 Å². The van der Waals surface area contributed by atoms with Crippen molar-refractivity contribution in [1.29, 1.82) is 0 Å². The number of hydrogen-bond donors (Lipinski definition) is 1. The van der Waals surface area contributed by atoms with Crippen molar-refractivity contribution in [3.8, 4) is 0 Å². The molecule has 0 bridgehead atoms. The summed E-state index contributed by atoms with van der Waals surface area (Å²) in [7, 11) is 0. The number of halogens is 1. The van der Waals surface area contributed by atoms with E-state index in [0.29, 0.717) is 33.2 Å². The number of nitrogens with one attached hydrogen (secondary N) is 1. The minimum Gasteiger partial charge on any atom is -0.458 e. The predicted octanol–water partition coefficient (Wildman–Crippen LogP) is 5.55. The molecule has 0 amide bonds. The van der Waals surface area contributed by atoms with Crippen molar-refractivity contribution in [3.63, 3.8) is 0 Å². The van der Waals surface area contributed by atoms with Gasteiger partial charge in [-0.3, -0.25) is 0 Å². The Morgan fingerprint density at radius 2 is 2.00 bits per heavy atom. The maximum absolute atomic E-state index is 13.0. The standard InChI is InChI=1S/C24H23ClN4O2S/c1-4-13-31-22(30)20-16(3)26-23-27-24(32-14-17-10-6-8-12-19(17)25)28-29(23)21(20)18-11-7-5-9-15(18)2/h4-12,21H,1,13-14H2,2-3H3,(H,26,27,28). The summed E-state index contributed by atoms with van der Waals surface area (Å²) in [5, 5.41) is 9.27. The van der Waals surface area contributed by atoms with E-state index in [9.17, 15) is 4.79 Å². The first kappa shape index (κ1) is 22.2. The van der Waals surface area contributed by atoms with Crippen molar-refractivity contribution < 1.29 is 9.53 Å². The van der Waals surface area contributed by atoms with Crippen molar-refractivity contribution >= 4 is 35.3 Å². The third-order valence-corrected chi connectivity index (χ3v) is 6.44. The molecule has 1 N–H and O–H groups in total. The monoisotopic (exact) mass is 466 g/mol. The first-order chi connectivity index (χ1) is 15.5. The number of carbonyl (C=O) groups excluding carboxylic acids is 1. The number of thioether (sulfide) groups is 1. The first-order valence-corrected chi connectivity index (χ1v) is 11.5. The number of ether oxygens (including phenoxy) is 1. The molecule has 3 aromatic rings. The van der Waals surface area contributed by atoms with Crippen LogP contribution in [-0.2, 0) is 15.3 Å². The van der Waals surface area contributed by atoms with E-state index in [1.165, 1.54) is 11.8 Å². The molecule has 1 unspecified atom stereocenters. The van der Waals surface area contributed by atoms with Crippen LogP contribution in [0.25, 0.3) is 0 Å². The van der Waals surface area contributed by atoms with Crippen LogP contribution in [0.15, 0.2) is 77.6 Å². The SMILES string of the molecule is C=CCOC(=O)C1=C(C)Nc2nc(SCc3ccccc3Cl)nn2C1c1ccccc1C. The quantitative estimate of drug-likeness (QED) is 0.279. The number of allylic oxidation sites excluding steroid dienone is 1. The highest BCUT2D eigenvalue weighted by molar-refractivity contribution is 7.98. The number of benzene rings is 2. The third-order valence-electron chi connectivity index (χ3n) is 5.18. The second kappa shape index (κ2) is 9.63. The van der Waals surface area contributed by atoms with Gasteiger partial charge >= 0.3 is 5.97 Å². The topological polar surface area (TPSA) is 69.0 Å². The lowest BCUT2D eigenvalue weighted by Crippen LogP contribution is -2.30. The molecule has 2 heterocycles. The van der Waals surface area contributed by atoms with Crippen LogP contribution in [0.4, 0.5) is 5.95 Å². The molecular formula is C24H23ClN4O2S. The lowest BCUT2D eigenvalue weighted by Gasteiger charge is -2.29. The Kier molecular flexibility index (Phi) is 6.67. The number of aromatic nitrogens is 3. The largest absolute Gasteiger partial charge is 0.458 e. The number of carbonyl (C=O) groups is 1. The van der Waals surface area contributed by atoms with Gasteiger partial charge in [-0.2, -0.15) is 4.98 Å². The smallest absolute Gasteiger partial charge is 0.338 e. The summed E-state index contributed by atoms with van der Waals surface area (Å²) < 4.78 is 7.16. The number of anilines is 1. The highest BCUT2D eigenvalue weighted by Crippen LogP contribution is 2.38. The van der Waals surface area contributed by atoms with E-state index < -0.39 is 12.0 Å². The number of rotatable bonds is 7. The molecule has 164 valence electrons. The fourth-order valence-electron chi connectivity index (χ4n) is 3.61. The molecule has 1 aliphatic heterocycles. The summed E-state index contributed by atoms with van der Waals surface area (Å²) >= 11 is 7.78. The van der Waals surface area contributed by atoms with Gasteiger partial charge < -0.3 is 10.1 Å². The van der Waals surface area contributed by atoms with Crippen LogP contribution in [0, 0.1) is 6.92 Å². The van der Waals surface area contributed by atoms with Crippen LogP contribution in [0.1, 0.15) is 29.7 Å². The Labute approximate surface area is 196 Å². The Hall–Kier alpha value is -3.03. The zero-order valence-corrected chi connectivity index (χ0v) is 19.4. The summed E-state index contributed by atoms with van der Waals surface area (Å²) in [5.41, 5.74) is 4.22. The zero-order valence-electron chi connectivity index (χ0n) is 17.8. The van der Waals surface area contributed by atoms with Gasteiger partial charge in [0.15, 0.2) is 0 Å². The predicted molar refractivity (Wildman–Crippen MR) is 128 cm³/mol. The van der Waals surface area contributed by atoms with E-state index in [-0.39, 0.29) is 6.61 Å². The zero-order chi connectivity index (χ0) is 22.7. The van der Waals surface area contributed by atoms with E-state index in [1.54, 1.807) is 10.8 Å². The van der Waals surface area contributed by atoms with Crippen LogP contribution in [0.3, 0.4) is 0 Å². The lowest BCUT2D eigenvalue weighted by molar-refractivity contribution is -0.138. The van der Waals surface area contributed by atoms with E-state index in [0.717, 1.165) is 16.7 Å². The maximum Gasteiger partial charge on any atom is 0.338 e. The van der Waals surface area contributed by atoms with Gasteiger partial charge in [0.25, 0.3) is 0 Å². The third kappa shape index (κ3) is 4.45. The van der Waals surface area contributed by atoms with Gasteiger partial charge in [0.2, 0.25) is 11.1 Å². The van der Waals surface area contributed by atoms with Gasteiger partial charge in [-0.25, -0.2) is 9.48 Å². The molecule has 0 spiro atoms. The molecule has 8 heteroatoms. The first-order valence-electron chi connectivity index (χ1n) is 10.1. The van der Waals surface area contributed by atoms with Gasteiger partial charge in [-0.15, -0.1) is 5.10 Å². The highest BCUT2D eigenvalue weighted by Gasteiger charge is 2.35. The van der Waals surface area contributed by atoms with Gasteiger partial charge in [0.05, 0.1) is 5.57 Å². The molecule has 6 nitrogen and oxygen atoms in total. The summed E-state index contributed by atoms with van der Waals surface area (Å²) in [5.74, 6) is 0.811. The molecule has 1 atom stereocenters. The van der Waals surface area contributed by atoms with Crippen molar-refractivity contribution in [2.75, 3.05) is 11.9 Å². The molecule has 4 rings (SSSR count). The number of aryl methyl sites for hydroxylation is 1. The van der Waals surface area contributed by atoms with Crippen molar-refractivity contribution in [2.24, 2.45) is 0 Å². The summed E-state index contributed by atoms with van der Waals surface area (Å²) in [6.45, 7) is 7.64. The summed E-state index contributed by atoms with van der Waals surface area (Å²) in [4.78, 5) is 17.6. The Morgan fingerprint density at radius 1 is 1.25 bits per heavy atom. The van der Waals surface area contributed by atoms with Crippen LogP contribution in [-0.4, -0.2) is 27.3 Å². The number of esters is 1. The van der Waals surface area contributed by atoms with E-state index in [4.69, 9.17) is 21.4 Å². The molecule has 1 aromatic heterocycles. The number of hydrogen-bond acceptors (Lipinski definition) is 6. The van der Waals surface area contributed by atoms with Crippen molar-refractivity contribution in [3.05, 3.63) is 94.2 Å². The van der Waals surface area contributed by atoms with Crippen LogP contribution < -0.4 is 5.32 Å². The molecule has 32 heavy (non-hydrogen) atoms. The molecular weight excluding hydrogens is 444 g/mol. The van der Waals surface area contributed by atoms with Crippen LogP contribution in [0.2, 0.25) is 5.02 Å². The molecule has 0 radical (unpaired) electrons. The van der Waals surface area contributed by atoms with Gasteiger partial charge in [0, 0.05) is 16.5 Å². The van der Waals surface area contributed by atoms with E-state index in [1.807, 2.05) is 62.4 Å². The average Bonchev–Trinajstić information content (AvgIpc) is 3.19. The second-order valence-electron chi connectivity index (χ2n) is 7.35. The maximum atomic E-state index is 13.0. The fourth-order valence-corrected chi connectivity index (χ4v) is 4.72. The molecule has 1 aliphatic rings. The minimum atomic E-state index is -0.452. The van der Waals surface area contributed by atoms with Crippen molar-refractivity contribution in [2.45, 2.75) is 30.8 Å². The van der Waals surface area contributed by atoms with Gasteiger partial charge in [-0.1, -0.05) is 78.5 Å². The Balaban J connectivity index is 1.71. The summed E-state index contributed by atoms with van der Waals surface area (Å²) in [6.07, 6.45) is 1.55. The second-order valence-corrected chi connectivity index (χ2v) is 8.70. The molecule has 0 saturated heterocycles. The number of fused-ring (bicyclic) bond motifs is 1. The molecule has 0 aliphatic carbocycles. The van der Waals surface area contributed by atoms with E-state index in [2.05, 4.69) is 16.9 Å². The normalized spacial score (nSPS) is 15.2. The number of nitrogens with zero attached hydrogens (tertiary/aromatic N) is 3. The molecule has 0 fully saturated rings. The van der Waals surface area contributed by atoms with Gasteiger partial charge in [0.1, 0.15) is 12.6 Å². The van der Waals surface area contributed by atoms with Crippen molar-refractivity contribution in [1.82, 2.24) is 14.8 Å². The van der Waals surface area contributed by atoms with Crippen LogP contribution >= 0.6 is 23.4 Å². The molecule has 2 aromatic carbocycles. The Morgan fingerprint density at radius 3 is 2.75 bits per heavy atom. The fraction of sp³-hybridized carbons (Fsp3) is 0.208. The van der Waals surface area contributed by atoms with E-state index >= 15 is 0 Å². The summed E-state index contributed by atoms with van der Waals surface area (Å²) in [6, 6.07) is 15.2. The Bertz CT molecular complexity index is 1200. The average molecular weight is 467 g/mol. The highest BCUT2D eigenvalue weighted by atomic mass is 35.5. The molecule has 0 saturated carbocycles. The lowest BCUT2D eigenvalue weighted by atomic mass is 9.93. The van der Waals surface area contributed by atoms with Gasteiger partial charge in [-0.05, 0) is 36.6 Å². The minimum absolute atomic E-state index is 0.138.